The van der Waals surface area contributed by atoms with Crippen molar-refractivity contribution in [2.45, 2.75) is 5.75 Å². The molecule has 0 fully saturated rings. The molecule has 2 N–H and O–H groups in total. The summed E-state index contributed by atoms with van der Waals surface area (Å²) in [4.78, 5) is 5.36. The third-order valence-corrected chi connectivity index (χ3v) is 2.76. The van der Waals surface area contributed by atoms with Crippen LogP contribution in [0.3, 0.4) is 0 Å². The lowest BCUT2D eigenvalue weighted by Gasteiger charge is -1.85. The summed E-state index contributed by atoms with van der Waals surface area (Å²) in [5.41, 5.74) is 0. The SMILES string of the molecule is CSCc1cnc(/C=N/N)s1. The normalized spacial score (nSPS) is 11.0. The molecule has 1 aromatic heterocycles. The van der Waals surface area contributed by atoms with Gasteiger partial charge in [0.25, 0.3) is 0 Å². The van der Waals surface area contributed by atoms with Crippen LogP contribution >= 0.6 is 23.1 Å². The van der Waals surface area contributed by atoms with E-state index in [-0.39, 0.29) is 0 Å². The van der Waals surface area contributed by atoms with Crippen molar-refractivity contribution in [2.75, 3.05) is 6.26 Å². The summed E-state index contributed by atoms with van der Waals surface area (Å²) in [6.45, 7) is 0. The Kier molecular flexibility index (Phi) is 3.38. The average Bonchev–Trinajstić information content (AvgIpc) is 2.38. The Morgan fingerprint density at radius 1 is 1.91 bits per heavy atom. The number of rotatable bonds is 3. The molecule has 0 saturated heterocycles. The number of nitrogens with zero attached hydrogens (tertiary/aromatic N) is 2. The number of thiazole rings is 1. The monoisotopic (exact) mass is 187 g/mol. The van der Waals surface area contributed by atoms with E-state index < -0.39 is 0 Å². The summed E-state index contributed by atoms with van der Waals surface area (Å²) in [5, 5.41) is 4.27. The van der Waals surface area contributed by atoms with Gasteiger partial charge in [-0.2, -0.15) is 16.9 Å². The topological polar surface area (TPSA) is 51.3 Å². The van der Waals surface area contributed by atoms with Crippen LogP contribution in [-0.2, 0) is 5.75 Å². The lowest BCUT2D eigenvalue weighted by molar-refractivity contribution is 1.25. The third-order valence-electron chi connectivity index (χ3n) is 1.04. The van der Waals surface area contributed by atoms with Gasteiger partial charge in [-0.3, -0.25) is 0 Å². The van der Waals surface area contributed by atoms with Crippen LogP contribution in [0.15, 0.2) is 11.3 Å². The summed E-state index contributed by atoms with van der Waals surface area (Å²) in [5.74, 6) is 5.98. The molecule has 1 rings (SSSR count). The molecule has 0 atom stereocenters. The van der Waals surface area contributed by atoms with Crippen LogP contribution in [0.5, 0.6) is 0 Å². The molecule has 0 saturated carbocycles. The maximum absolute atomic E-state index is 4.97. The van der Waals surface area contributed by atoms with E-state index in [0.29, 0.717) is 0 Å². The van der Waals surface area contributed by atoms with Gasteiger partial charge >= 0.3 is 0 Å². The van der Waals surface area contributed by atoms with E-state index in [0.717, 1.165) is 10.8 Å². The van der Waals surface area contributed by atoms with E-state index in [1.165, 1.54) is 4.88 Å². The molecule has 5 heteroatoms. The van der Waals surface area contributed by atoms with E-state index in [4.69, 9.17) is 5.84 Å². The summed E-state index contributed by atoms with van der Waals surface area (Å²) >= 11 is 3.40. The molecular weight excluding hydrogens is 178 g/mol. The minimum absolute atomic E-state index is 0.872. The number of hydrogen-bond donors (Lipinski definition) is 1. The van der Waals surface area contributed by atoms with Crippen LogP contribution < -0.4 is 5.84 Å². The van der Waals surface area contributed by atoms with E-state index in [1.807, 2.05) is 6.20 Å². The zero-order chi connectivity index (χ0) is 8.10. The molecule has 3 nitrogen and oxygen atoms in total. The Morgan fingerprint density at radius 3 is 3.36 bits per heavy atom. The fraction of sp³-hybridized carbons (Fsp3) is 0.333. The van der Waals surface area contributed by atoms with Crippen molar-refractivity contribution >= 4 is 29.3 Å². The van der Waals surface area contributed by atoms with Crippen molar-refractivity contribution in [3.8, 4) is 0 Å². The summed E-state index contributed by atoms with van der Waals surface area (Å²) in [6.07, 6.45) is 5.49. The second-order valence-corrected chi connectivity index (χ2v) is 3.89. The Morgan fingerprint density at radius 2 is 2.73 bits per heavy atom. The summed E-state index contributed by atoms with van der Waals surface area (Å²) in [7, 11) is 0. The molecule has 1 heterocycles. The zero-order valence-electron chi connectivity index (χ0n) is 6.15. The van der Waals surface area contributed by atoms with Gasteiger partial charge in [-0.15, -0.1) is 11.3 Å². The largest absolute Gasteiger partial charge is 0.323 e. The molecule has 0 aromatic carbocycles. The summed E-state index contributed by atoms with van der Waals surface area (Å²) < 4.78 is 0. The molecule has 0 spiro atoms. The number of hydrogen-bond acceptors (Lipinski definition) is 5. The van der Waals surface area contributed by atoms with E-state index in [1.54, 1.807) is 29.3 Å². The molecule has 0 amide bonds. The molecular formula is C6H9N3S2. The van der Waals surface area contributed by atoms with Gasteiger partial charge < -0.3 is 5.84 Å². The molecule has 1 aromatic rings. The molecule has 0 unspecified atom stereocenters. The van der Waals surface area contributed by atoms with Crippen LogP contribution in [0.1, 0.15) is 9.88 Å². The highest BCUT2D eigenvalue weighted by molar-refractivity contribution is 7.97. The van der Waals surface area contributed by atoms with Crippen LogP contribution in [0.2, 0.25) is 0 Å². The molecule has 60 valence electrons. The first kappa shape index (κ1) is 8.55. The Bertz CT molecular complexity index is 244. The predicted molar refractivity (Wildman–Crippen MR) is 51.1 cm³/mol. The van der Waals surface area contributed by atoms with E-state index in [2.05, 4.69) is 16.3 Å². The minimum atomic E-state index is 0.872. The van der Waals surface area contributed by atoms with Crippen molar-refractivity contribution in [2.24, 2.45) is 10.9 Å². The zero-order valence-corrected chi connectivity index (χ0v) is 7.78. The standard InChI is InChI=1S/C6H9N3S2/c1-10-4-5-2-8-6(11-5)3-9-7/h2-3H,4,7H2,1H3/b9-3+. The van der Waals surface area contributed by atoms with E-state index >= 15 is 0 Å². The second kappa shape index (κ2) is 4.35. The summed E-state index contributed by atoms with van der Waals surface area (Å²) in [6, 6.07) is 0. The predicted octanol–water partition coefficient (Wildman–Crippen LogP) is 1.30. The van der Waals surface area contributed by atoms with Crippen LogP contribution in [0.4, 0.5) is 0 Å². The third kappa shape index (κ3) is 2.51. The lowest BCUT2D eigenvalue weighted by atomic mass is 10.6. The van der Waals surface area contributed by atoms with Gasteiger partial charge in [0.15, 0.2) is 0 Å². The maximum atomic E-state index is 4.97. The van der Waals surface area contributed by atoms with E-state index in [9.17, 15) is 0 Å². The average molecular weight is 187 g/mol. The first-order chi connectivity index (χ1) is 5.36. The fourth-order valence-corrected chi connectivity index (χ4v) is 2.20. The molecule has 0 aliphatic rings. The minimum Gasteiger partial charge on any atom is -0.323 e. The quantitative estimate of drug-likeness (QED) is 0.441. The Labute approximate surface area is 73.7 Å². The number of hydrazone groups is 1. The highest BCUT2D eigenvalue weighted by atomic mass is 32.2. The highest BCUT2D eigenvalue weighted by Crippen LogP contribution is 2.15. The van der Waals surface area contributed by atoms with Crippen LogP contribution in [0.25, 0.3) is 0 Å². The molecule has 11 heavy (non-hydrogen) atoms. The van der Waals surface area contributed by atoms with Crippen molar-refractivity contribution < 1.29 is 0 Å². The van der Waals surface area contributed by atoms with Crippen LogP contribution in [-0.4, -0.2) is 17.5 Å². The van der Waals surface area contributed by atoms with Gasteiger partial charge in [0.2, 0.25) is 0 Å². The first-order valence-corrected chi connectivity index (χ1v) is 5.24. The molecule has 0 bridgehead atoms. The van der Waals surface area contributed by atoms with Gasteiger partial charge in [-0.1, -0.05) is 0 Å². The Balaban J connectivity index is 2.65. The highest BCUT2D eigenvalue weighted by Gasteiger charge is 1.97. The smallest absolute Gasteiger partial charge is 0.136 e. The van der Waals surface area contributed by atoms with Gasteiger partial charge in [0.1, 0.15) is 5.01 Å². The lowest BCUT2D eigenvalue weighted by Crippen LogP contribution is -1.82. The van der Waals surface area contributed by atoms with Crippen LogP contribution in [0, 0.1) is 0 Å². The molecule has 0 aliphatic heterocycles. The van der Waals surface area contributed by atoms with Gasteiger partial charge in [0.05, 0.1) is 6.21 Å². The van der Waals surface area contributed by atoms with Crippen molar-refractivity contribution in [3.05, 3.63) is 16.1 Å². The second-order valence-electron chi connectivity index (χ2n) is 1.88. The van der Waals surface area contributed by atoms with Gasteiger partial charge in [-0.25, -0.2) is 4.98 Å². The molecule has 0 aliphatic carbocycles. The van der Waals surface area contributed by atoms with Crippen molar-refractivity contribution in [1.29, 1.82) is 0 Å². The van der Waals surface area contributed by atoms with Crippen molar-refractivity contribution in [3.63, 3.8) is 0 Å². The number of aromatic nitrogens is 1. The number of thioether (sulfide) groups is 1. The number of nitrogens with two attached hydrogens (primary N) is 1. The maximum Gasteiger partial charge on any atom is 0.136 e. The fourth-order valence-electron chi connectivity index (χ4n) is 0.655. The van der Waals surface area contributed by atoms with Gasteiger partial charge in [-0.05, 0) is 6.26 Å². The van der Waals surface area contributed by atoms with Gasteiger partial charge in [0, 0.05) is 16.8 Å². The van der Waals surface area contributed by atoms with Crippen molar-refractivity contribution in [1.82, 2.24) is 4.98 Å². The first-order valence-electron chi connectivity index (χ1n) is 3.03. The molecule has 0 radical (unpaired) electrons. The Hall–Kier alpha value is -0.550.